The zero-order valence-electron chi connectivity index (χ0n) is 5.46. The van der Waals surface area contributed by atoms with E-state index in [1.807, 2.05) is 5.92 Å². The van der Waals surface area contributed by atoms with Crippen molar-refractivity contribution in [2.45, 2.75) is 19.3 Å². The Morgan fingerprint density at radius 1 is 1.40 bits per heavy atom. The van der Waals surface area contributed by atoms with Crippen molar-refractivity contribution in [3.63, 3.8) is 0 Å². The van der Waals surface area contributed by atoms with Gasteiger partial charge >= 0.3 is 5.97 Å². The van der Waals surface area contributed by atoms with Gasteiger partial charge in [-0.2, -0.15) is 0 Å². The third-order valence-corrected chi connectivity index (χ3v) is 0.955. The Morgan fingerprint density at radius 3 is 2.40 bits per heavy atom. The van der Waals surface area contributed by atoms with Crippen molar-refractivity contribution in [1.82, 2.24) is 0 Å². The number of hydrogen-bond acceptors (Lipinski definition) is 2. The Balaban J connectivity index is 3.31. The molecule has 54 valence electrons. The lowest BCUT2D eigenvalue weighted by Crippen LogP contribution is -1.97. The molecule has 0 atom stereocenters. The van der Waals surface area contributed by atoms with Crippen LogP contribution >= 0.6 is 0 Å². The molecular formula is C7H8O3. The van der Waals surface area contributed by atoms with Crippen LogP contribution in [-0.2, 0) is 9.59 Å². The summed E-state index contributed by atoms with van der Waals surface area (Å²) in [6.45, 7) is 0. The van der Waals surface area contributed by atoms with E-state index in [0.29, 0.717) is 6.42 Å². The quantitative estimate of drug-likeness (QED) is 0.455. The zero-order chi connectivity index (χ0) is 7.98. The monoisotopic (exact) mass is 140 g/mol. The minimum Gasteiger partial charge on any atom is -0.481 e. The van der Waals surface area contributed by atoms with Crippen molar-refractivity contribution in [2.75, 3.05) is 0 Å². The van der Waals surface area contributed by atoms with Crippen LogP contribution < -0.4 is 0 Å². The topological polar surface area (TPSA) is 54.4 Å². The van der Waals surface area contributed by atoms with Crippen molar-refractivity contribution in [3.8, 4) is 12.3 Å². The first-order chi connectivity index (χ1) is 4.66. The van der Waals surface area contributed by atoms with E-state index in [-0.39, 0.29) is 18.6 Å². The first kappa shape index (κ1) is 8.70. The first-order valence-corrected chi connectivity index (χ1v) is 2.88. The second-order valence-corrected chi connectivity index (χ2v) is 1.81. The molecule has 0 bridgehead atoms. The lowest BCUT2D eigenvalue weighted by atomic mass is 10.2. The zero-order valence-corrected chi connectivity index (χ0v) is 5.46. The van der Waals surface area contributed by atoms with E-state index in [1.165, 1.54) is 0 Å². The summed E-state index contributed by atoms with van der Waals surface area (Å²) in [7, 11) is 0. The van der Waals surface area contributed by atoms with Gasteiger partial charge in [0.2, 0.25) is 5.78 Å². The SMILES string of the molecule is C#CC(=O)CCCC(=O)O. The summed E-state index contributed by atoms with van der Waals surface area (Å²) in [6, 6.07) is 0. The van der Waals surface area contributed by atoms with Crippen LogP contribution in [0, 0.1) is 12.3 Å². The van der Waals surface area contributed by atoms with E-state index in [1.54, 1.807) is 0 Å². The lowest BCUT2D eigenvalue weighted by Gasteiger charge is -1.89. The van der Waals surface area contributed by atoms with Crippen LogP contribution in [0.1, 0.15) is 19.3 Å². The van der Waals surface area contributed by atoms with Crippen molar-refractivity contribution in [1.29, 1.82) is 0 Å². The molecule has 0 aromatic carbocycles. The number of terminal acetylenes is 1. The van der Waals surface area contributed by atoms with Gasteiger partial charge in [-0.25, -0.2) is 0 Å². The Kier molecular flexibility index (Phi) is 3.97. The number of carboxylic acid groups (broad SMARTS) is 1. The van der Waals surface area contributed by atoms with Gasteiger partial charge in [-0.1, -0.05) is 0 Å². The van der Waals surface area contributed by atoms with Crippen LogP contribution in [0.2, 0.25) is 0 Å². The molecule has 0 rings (SSSR count). The van der Waals surface area contributed by atoms with Crippen LogP contribution in [0.3, 0.4) is 0 Å². The van der Waals surface area contributed by atoms with Crippen molar-refractivity contribution < 1.29 is 14.7 Å². The molecule has 0 aromatic heterocycles. The van der Waals surface area contributed by atoms with Gasteiger partial charge in [-0.3, -0.25) is 9.59 Å². The Morgan fingerprint density at radius 2 is 2.00 bits per heavy atom. The summed E-state index contributed by atoms with van der Waals surface area (Å²) in [6.07, 6.45) is 5.25. The molecule has 3 heteroatoms. The van der Waals surface area contributed by atoms with Crippen molar-refractivity contribution in [2.24, 2.45) is 0 Å². The molecule has 0 saturated carbocycles. The number of carbonyl (C=O) groups excluding carboxylic acids is 1. The molecule has 0 radical (unpaired) electrons. The second-order valence-electron chi connectivity index (χ2n) is 1.81. The van der Waals surface area contributed by atoms with Crippen LogP contribution in [-0.4, -0.2) is 16.9 Å². The van der Waals surface area contributed by atoms with Crippen LogP contribution in [0.4, 0.5) is 0 Å². The molecule has 0 unspecified atom stereocenters. The number of Topliss-reactive ketones (excluding diaryl/α,β-unsaturated/α-hetero) is 1. The molecule has 0 aliphatic rings. The summed E-state index contributed by atoms with van der Waals surface area (Å²) < 4.78 is 0. The van der Waals surface area contributed by atoms with Gasteiger partial charge in [0.1, 0.15) is 0 Å². The molecule has 0 aromatic rings. The molecule has 0 aliphatic heterocycles. The molecule has 0 saturated heterocycles. The smallest absolute Gasteiger partial charge is 0.303 e. The fourth-order valence-electron chi connectivity index (χ4n) is 0.472. The highest BCUT2D eigenvalue weighted by Crippen LogP contribution is 1.94. The third kappa shape index (κ3) is 4.85. The molecule has 0 aliphatic carbocycles. The molecule has 0 spiro atoms. The highest BCUT2D eigenvalue weighted by Gasteiger charge is 1.99. The number of rotatable bonds is 4. The lowest BCUT2D eigenvalue weighted by molar-refractivity contribution is -0.137. The van der Waals surface area contributed by atoms with E-state index in [9.17, 15) is 9.59 Å². The van der Waals surface area contributed by atoms with Gasteiger partial charge < -0.3 is 5.11 Å². The van der Waals surface area contributed by atoms with E-state index < -0.39 is 5.97 Å². The molecule has 0 heterocycles. The average Bonchev–Trinajstić information content (AvgIpc) is 1.87. The molecule has 1 N–H and O–H groups in total. The summed E-state index contributed by atoms with van der Waals surface area (Å²) in [5.41, 5.74) is 0. The first-order valence-electron chi connectivity index (χ1n) is 2.88. The fourth-order valence-corrected chi connectivity index (χ4v) is 0.472. The summed E-state index contributed by atoms with van der Waals surface area (Å²) in [5.74, 6) is 0.676. The molecule has 0 amide bonds. The number of aliphatic carboxylic acids is 1. The minimum atomic E-state index is -0.898. The third-order valence-electron chi connectivity index (χ3n) is 0.955. The van der Waals surface area contributed by atoms with Crippen molar-refractivity contribution >= 4 is 11.8 Å². The maximum Gasteiger partial charge on any atom is 0.303 e. The van der Waals surface area contributed by atoms with Crippen molar-refractivity contribution in [3.05, 3.63) is 0 Å². The maximum absolute atomic E-state index is 10.4. The van der Waals surface area contributed by atoms with Crippen LogP contribution in [0.15, 0.2) is 0 Å². The van der Waals surface area contributed by atoms with Crippen LogP contribution in [0.5, 0.6) is 0 Å². The highest BCUT2D eigenvalue weighted by molar-refractivity contribution is 5.94. The van der Waals surface area contributed by atoms with Gasteiger partial charge in [0.05, 0.1) is 0 Å². The summed E-state index contributed by atoms with van der Waals surface area (Å²) in [5, 5.41) is 8.14. The Labute approximate surface area is 59.0 Å². The summed E-state index contributed by atoms with van der Waals surface area (Å²) in [4.78, 5) is 20.3. The predicted octanol–water partition coefficient (Wildman–Crippen LogP) is 0.444. The molecule has 3 nitrogen and oxygen atoms in total. The van der Waals surface area contributed by atoms with E-state index in [2.05, 4.69) is 0 Å². The van der Waals surface area contributed by atoms with Gasteiger partial charge in [0.25, 0.3) is 0 Å². The van der Waals surface area contributed by atoms with E-state index in [0.717, 1.165) is 0 Å². The van der Waals surface area contributed by atoms with Gasteiger partial charge in [-0.05, 0) is 12.3 Å². The normalized spacial score (nSPS) is 8.30. The highest BCUT2D eigenvalue weighted by atomic mass is 16.4. The number of carboxylic acids is 1. The van der Waals surface area contributed by atoms with Crippen LogP contribution in [0.25, 0.3) is 0 Å². The number of ketones is 1. The molecule has 0 fully saturated rings. The summed E-state index contributed by atoms with van der Waals surface area (Å²) >= 11 is 0. The van der Waals surface area contributed by atoms with Gasteiger partial charge in [0.15, 0.2) is 0 Å². The largest absolute Gasteiger partial charge is 0.481 e. The fraction of sp³-hybridized carbons (Fsp3) is 0.429. The molecular weight excluding hydrogens is 132 g/mol. The maximum atomic E-state index is 10.4. The van der Waals surface area contributed by atoms with E-state index in [4.69, 9.17) is 11.5 Å². The number of hydrogen-bond donors (Lipinski definition) is 1. The Bertz CT molecular complexity index is 176. The predicted molar refractivity (Wildman–Crippen MR) is 35.3 cm³/mol. The Hall–Kier alpha value is -1.30. The standard InChI is InChI=1S/C7H8O3/c1-2-6(8)4-3-5-7(9)10/h1H,3-5H2,(H,9,10). The van der Waals surface area contributed by atoms with E-state index >= 15 is 0 Å². The number of carbonyl (C=O) groups is 2. The van der Waals surface area contributed by atoms with Gasteiger partial charge in [-0.15, -0.1) is 6.42 Å². The second kappa shape index (κ2) is 4.57. The molecule has 10 heavy (non-hydrogen) atoms. The average molecular weight is 140 g/mol. The minimum absolute atomic E-state index is 0.00736. The van der Waals surface area contributed by atoms with Gasteiger partial charge in [0, 0.05) is 12.8 Å².